The van der Waals surface area contributed by atoms with Gasteiger partial charge in [0.25, 0.3) is 0 Å². The van der Waals surface area contributed by atoms with Crippen LogP contribution in [-0.4, -0.2) is 42.8 Å². The van der Waals surface area contributed by atoms with E-state index in [-0.39, 0.29) is 11.7 Å². The molecule has 1 aliphatic carbocycles. The Morgan fingerprint density at radius 2 is 1.76 bits per heavy atom. The summed E-state index contributed by atoms with van der Waals surface area (Å²) in [5.74, 6) is 0. The topological polar surface area (TPSA) is 41.6 Å². The maximum absolute atomic E-state index is 11.8. The second-order valence-corrected chi connectivity index (χ2v) is 7.29. The molecule has 96 valence electrons. The lowest BCUT2D eigenvalue weighted by atomic mass is 9.47. The van der Waals surface area contributed by atoms with Crippen LogP contribution in [0.4, 0.5) is 4.79 Å². The molecular formula is C13H22N2O2. The summed E-state index contributed by atoms with van der Waals surface area (Å²) in [6.45, 7) is 9.92. The molecule has 1 saturated carbocycles. The van der Waals surface area contributed by atoms with Crippen molar-refractivity contribution in [2.75, 3.05) is 26.2 Å². The van der Waals surface area contributed by atoms with Crippen LogP contribution in [0.25, 0.3) is 0 Å². The van der Waals surface area contributed by atoms with E-state index in [1.807, 2.05) is 25.7 Å². The van der Waals surface area contributed by atoms with Crippen molar-refractivity contribution in [2.45, 2.75) is 39.2 Å². The molecule has 4 nitrogen and oxygen atoms in total. The molecule has 1 N–H and O–H groups in total. The van der Waals surface area contributed by atoms with Gasteiger partial charge >= 0.3 is 6.09 Å². The van der Waals surface area contributed by atoms with Gasteiger partial charge in [-0.15, -0.1) is 0 Å². The molecule has 3 fully saturated rings. The Morgan fingerprint density at radius 1 is 1.18 bits per heavy atom. The third-order valence-electron chi connectivity index (χ3n) is 4.20. The molecule has 2 aliphatic heterocycles. The van der Waals surface area contributed by atoms with Gasteiger partial charge in [0.15, 0.2) is 0 Å². The molecule has 0 aromatic rings. The Morgan fingerprint density at radius 3 is 2.18 bits per heavy atom. The molecule has 0 aromatic carbocycles. The highest BCUT2D eigenvalue weighted by Gasteiger charge is 2.62. The van der Waals surface area contributed by atoms with Crippen molar-refractivity contribution in [3.05, 3.63) is 0 Å². The van der Waals surface area contributed by atoms with Gasteiger partial charge < -0.3 is 15.0 Å². The zero-order valence-electron chi connectivity index (χ0n) is 11.0. The van der Waals surface area contributed by atoms with Crippen molar-refractivity contribution in [3.8, 4) is 0 Å². The van der Waals surface area contributed by atoms with E-state index in [1.165, 1.54) is 25.9 Å². The molecule has 0 unspecified atom stereocenters. The zero-order valence-corrected chi connectivity index (χ0v) is 11.0. The van der Waals surface area contributed by atoms with Gasteiger partial charge in [0.2, 0.25) is 0 Å². The van der Waals surface area contributed by atoms with Crippen molar-refractivity contribution >= 4 is 6.09 Å². The number of ether oxygens (including phenoxy) is 1. The Kier molecular flexibility index (Phi) is 2.11. The van der Waals surface area contributed by atoms with Gasteiger partial charge in [-0.05, 0) is 39.0 Å². The van der Waals surface area contributed by atoms with Gasteiger partial charge in [0, 0.05) is 31.6 Å². The molecule has 0 bridgehead atoms. The molecule has 0 radical (unpaired) electrons. The molecule has 4 heteroatoms. The summed E-state index contributed by atoms with van der Waals surface area (Å²) in [6, 6.07) is 0. The summed E-state index contributed by atoms with van der Waals surface area (Å²) in [7, 11) is 0. The van der Waals surface area contributed by atoms with Gasteiger partial charge in [0.1, 0.15) is 5.60 Å². The van der Waals surface area contributed by atoms with Crippen molar-refractivity contribution in [2.24, 2.45) is 10.8 Å². The van der Waals surface area contributed by atoms with Crippen LogP contribution >= 0.6 is 0 Å². The standard InChI is InChI=1S/C13H22N2O2/c1-11(2,3)17-10(16)15-8-13(9-15)4-12(5-13)6-14-7-12/h14H,4-9H2,1-3H3. The average molecular weight is 238 g/mol. The van der Waals surface area contributed by atoms with Crippen LogP contribution in [0.5, 0.6) is 0 Å². The molecule has 0 aromatic heterocycles. The lowest BCUT2D eigenvalue weighted by Gasteiger charge is -2.67. The number of hydrogen-bond acceptors (Lipinski definition) is 3. The van der Waals surface area contributed by atoms with Crippen molar-refractivity contribution in [3.63, 3.8) is 0 Å². The van der Waals surface area contributed by atoms with Gasteiger partial charge in [-0.1, -0.05) is 0 Å². The number of carbonyl (C=O) groups is 1. The number of hydrogen-bond donors (Lipinski definition) is 1. The van der Waals surface area contributed by atoms with E-state index in [4.69, 9.17) is 4.74 Å². The third-order valence-corrected chi connectivity index (χ3v) is 4.20. The zero-order chi connectivity index (χ0) is 12.3. The van der Waals surface area contributed by atoms with Crippen LogP contribution in [0.15, 0.2) is 0 Å². The highest BCUT2D eigenvalue weighted by atomic mass is 16.6. The first-order valence-corrected chi connectivity index (χ1v) is 6.50. The highest BCUT2D eigenvalue weighted by molar-refractivity contribution is 5.69. The Bertz CT molecular complexity index is 339. The van der Waals surface area contributed by atoms with E-state index in [2.05, 4.69) is 5.32 Å². The number of carbonyl (C=O) groups excluding carboxylic acids is 1. The van der Waals surface area contributed by atoms with Gasteiger partial charge in [-0.2, -0.15) is 0 Å². The molecule has 3 aliphatic rings. The first kappa shape index (κ1) is 11.3. The van der Waals surface area contributed by atoms with E-state index in [0.717, 1.165) is 13.1 Å². The largest absolute Gasteiger partial charge is 0.444 e. The van der Waals surface area contributed by atoms with Crippen LogP contribution < -0.4 is 5.32 Å². The molecule has 1 amide bonds. The first-order chi connectivity index (χ1) is 7.82. The highest BCUT2D eigenvalue weighted by Crippen LogP contribution is 2.60. The fourth-order valence-corrected chi connectivity index (χ4v) is 3.71. The predicted molar refractivity (Wildman–Crippen MR) is 64.8 cm³/mol. The predicted octanol–water partition coefficient (Wildman–Crippen LogP) is 1.61. The Labute approximate surface area is 103 Å². The molecule has 3 rings (SSSR count). The summed E-state index contributed by atoms with van der Waals surface area (Å²) in [4.78, 5) is 13.7. The van der Waals surface area contributed by atoms with Crippen LogP contribution in [-0.2, 0) is 4.74 Å². The van der Waals surface area contributed by atoms with Gasteiger partial charge in [-0.25, -0.2) is 4.79 Å². The van der Waals surface area contributed by atoms with Crippen molar-refractivity contribution in [1.82, 2.24) is 10.2 Å². The van der Waals surface area contributed by atoms with Gasteiger partial charge in [-0.3, -0.25) is 0 Å². The third kappa shape index (κ3) is 1.82. The minimum atomic E-state index is -0.376. The smallest absolute Gasteiger partial charge is 0.410 e. The number of likely N-dealkylation sites (tertiary alicyclic amines) is 1. The van der Waals surface area contributed by atoms with Gasteiger partial charge in [0.05, 0.1) is 0 Å². The van der Waals surface area contributed by atoms with Crippen molar-refractivity contribution in [1.29, 1.82) is 0 Å². The van der Waals surface area contributed by atoms with E-state index >= 15 is 0 Å². The lowest BCUT2D eigenvalue weighted by molar-refractivity contribution is -0.156. The van der Waals surface area contributed by atoms with E-state index < -0.39 is 0 Å². The van der Waals surface area contributed by atoms with Crippen LogP contribution in [0.2, 0.25) is 0 Å². The van der Waals surface area contributed by atoms with Crippen LogP contribution in [0, 0.1) is 10.8 Å². The fourth-order valence-electron chi connectivity index (χ4n) is 3.71. The fraction of sp³-hybridized carbons (Fsp3) is 0.923. The summed E-state index contributed by atoms with van der Waals surface area (Å²) in [6.07, 6.45) is 2.45. The Hall–Kier alpha value is -0.770. The first-order valence-electron chi connectivity index (χ1n) is 6.50. The van der Waals surface area contributed by atoms with Crippen molar-refractivity contribution < 1.29 is 9.53 Å². The molecule has 0 atom stereocenters. The summed E-state index contributed by atoms with van der Waals surface area (Å²) >= 11 is 0. The van der Waals surface area contributed by atoms with E-state index in [9.17, 15) is 4.79 Å². The van der Waals surface area contributed by atoms with Crippen LogP contribution in [0.1, 0.15) is 33.6 Å². The number of nitrogens with zero attached hydrogens (tertiary/aromatic N) is 1. The molecular weight excluding hydrogens is 216 g/mol. The molecule has 2 heterocycles. The maximum atomic E-state index is 11.8. The van der Waals surface area contributed by atoms with Crippen LogP contribution in [0.3, 0.4) is 0 Å². The lowest BCUT2D eigenvalue weighted by Crippen LogP contribution is -2.73. The summed E-state index contributed by atoms with van der Waals surface area (Å²) < 4.78 is 5.37. The number of nitrogens with one attached hydrogen (secondary N) is 1. The average Bonchev–Trinajstić information content (AvgIpc) is 1.91. The maximum Gasteiger partial charge on any atom is 0.410 e. The Balaban J connectivity index is 1.47. The number of rotatable bonds is 0. The summed E-state index contributed by atoms with van der Waals surface area (Å²) in [5.41, 5.74) is 0.664. The van der Waals surface area contributed by atoms with E-state index in [0.29, 0.717) is 10.8 Å². The minimum absolute atomic E-state index is 0.143. The monoisotopic (exact) mass is 238 g/mol. The number of amides is 1. The van der Waals surface area contributed by atoms with E-state index in [1.54, 1.807) is 0 Å². The second-order valence-electron chi connectivity index (χ2n) is 7.29. The molecule has 2 spiro atoms. The quantitative estimate of drug-likeness (QED) is 0.697. The molecule has 2 saturated heterocycles. The molecule has 17 heavy (non-hydrogen) atoms. The summed E-state index contributed by atoms with van der Waals surface area (Å²) in [5, 5.41) is 3.35. The minimum Gasteiger partial charge on any atom is -0.444 e. The SMILES string of the molecule is CC(C)(C)OC(=O)N1CC2(C1)CC1(CNC1)C2. The second kappa shape index (κ2) is 3.16. The normalized spacial score (nSPS) is 28.3.